The van der Waals surface area contributed by atoms with Gasteiger partial charge in [0.25, 0.3) is 5.91 Å². The number of alkyl halides is 3. The van der Waals surface area contributed by atoms with E-state index in [9.17, 15) is 18.0 Å². The zero-order valence-corrected chi connectivity index (χ0v) is 17.9. The number of amides is 1. The molecular weight excluding hydrogens is 449 g/mol. The van der Waals surface area contributed by atoms with Crippen LogP contribution in [0.5, 0.6) is 0 Å². The van der Waals surface area contributed by atoms with Crippen molar-refractivity contribution in [3.05, 3.63) is 52.5 Å². The number of thiophene rings is 1. The lowest BCUT2D eigenvalue weighted by atomic mass is 9.89. The molecule has 4 heterocycles. The van der Waals surface area contributed by atoms with Crippen molar-refractivity contribution in [1.82, 2.24) is 9.88 Å². The van der Waals surface area contributed by atoms with Gasteiger partial charge in [-0.1, -0.05) is 6.07 Å². The summed E-state index contributed by atoms with van der Waals surface area (Å²) in [5.41, 5.74) is 1.46. The van der Waals surface area contributed by atoms with Crippen molar-refractivity contribution in [3.8, 4) is 0 Å². The maximum absolute atomic E-state index is 12.6. The smallest absolute Gasteiger partial charge is 0.475 e. The van der Waals surface area contributed by atoms with E-state index >= 15 is 0 Å². The molecule has 2 aromatic rings. The quantitative estimate of drug-likeness (QED) is 0.729. The second-order valence-electron chi connectivity index (χ2n) is 7.60. The van der Waals surface area contributed by atoms with Crippen molar-refractivity contribution in [3.63, 3.8) is 0 Å². The molecule has 0 unspecified atom stereocenters. The number of aliphatic carboxylic acids is 1. The summed E-state index contributed by atoms with van der Waals surface area (Å²) in [6.07, 6.45) is -0.432. The van der Waals surface area contributed by atoms with E-state index in [1.807, 2.05) is 39.9 Å². The van der Waals surface area contributed by atoms with Crippen molar-refractivity contribution in [1.29, 1.82) is 0 Å². The van der Waals surface area contributed by atoms with Crippen molar-refractivity contribution >= 4 is 23.2 Å². The average Bonchev–Trinajstić information content (AvgIpc) is 3.43. The zero-order valence-electron chi connectivity index (χ0n) is 17.1. The Morgan fingerprint density at radius 2 is 2.12 bits per heavy atom. The second-order valence-corrected chi connectivity index (χ2v) is 8.38. The van der Waals surface area contributed by atoms with Crippen LogP contribution in [-0.4, -0.2) is 64.4 Å². The molecule has 2 saturated heterocycles. The number of rotatable bonds is 4. The van der Waals surface area contributed by atoms with E-state index in [1.54, 1.807) is 17.5 Å². The Hall–Kier alpha value is -2.50. The summed E-state index contributed by atoms with van der Waals surface area (Å²) >= 11 is 1.56. The lowest BCUT2D eigenvalue weighted by Crippen LogP contribution is -2.50. The number of halogens is 3. The highest BCUT2D eigenvalue weighted by atomic mass is 32.1. The number of nitrogens with zero attached hydrogens (tertiary/aromatic N) is 2. The molecule has 2 atom stereocenters. The van der Waals surface area contributed by atoms with Gasteiger partial charge in [-0.05, 0) is 36.4 Å². The van der Waals surface area contributed by atoms with Gasteiger partial charge in [0.1, 0.15) is 0 Å². The Labute approximate surface area is 186 Å². The minimum atomic E-state index is -5.08. The third-order valence-electron chi connectivity index (χ3n) is 5.21. The molecule has 1 spiro atoms. The molecule has 0 aromatic carbocycles. The number of likely N-dealkylation sites (tertiary alicyclic amines) is 1. The van der Waals surface area contributed by atoms with E-state index in [-0.39, 0.29) is 17.6 Å². The number of aromatic nitrogens is 1. The van der Waals surface area contributed by atoms with Gasteiger partial charge in [0, 0.05) is 24.5 Å². The summed E-state index contributed by atoms with van der Waals surface area (Å²) < 4.78 is 43.9. The first-order valence-corrected chi connectivity index (χ1v) is 10.9. The predicted octanol–water partition coefficient (Wildman–Crippen LogP) is 3.76. The van der Waals surface area contributed by atoms with E-state index < -0.39 is 12.1 Å². The maximum atomic E-state index is 12.6. The number of carboxylic acids is 1. The topological polar surface area (TPSA) is 89.0 Å². The van der Waals surface area contributed by atoms with Crippen LogP contribution < -0.4 is 0 Å². The van der Waals surface area contributed by atoms with Crippen molar-refractivity contribution in [2.75, 3.05) is 19.7 Å². The normalized spacial score (nSPS) is 23.0. The first kappa shape index (κ1) is 24.1. The van der Waals surface area contributed by atoms with Gasteiger partial charge in [0.2, 0.25) is 0 Å². The first-order chi connectivity index (χ1) is 15.2. The van der Waals surface area contributed by atoms with Crippen LogP contribution in [0.25, 0.3) is 0 Å². The van der Waals surface area contributed by atoms with Crippen LogP contribution in [0, 0.1) is 0 Å². The summed E-state index contributed by atoms with van der Waals surface area (Å²) in [6.45, 7) is 2.56. The highest BCUT2D eigenvalue weighted by molar-refractivity contribution is 7.08. The Kier molecular flexibility index (Phi) is 7.86. The Balaban J connectivity index is 0.000000360. The van der Waals surface area contributed by atoms with Crippen LogP contribution in [0.2, 0.25) is 0 Å². The fourth-order valence-electron chi connectivity index (χ4n) is 3.72. The molecule has 1 amide bonds. The van der Waals surface area contributed by atoms with Crippen LogP contribution in [0.3, 0.4) is 0 Å². The van der Waals surface area contributed by atoms with E-state index in [1.165, 1.54) is 0 Å². The first-order valence-electron chi connectivity index (χ1n) is 9.96. The number of pyridine rings is 1. The van der Waals surface area contributed by atoms with E-state index in [2.05, 4.69) is 4.98 Å². The lowest BCUT2D eigenvalue weighted by molar-refractivity contribution is -0.192. The van der Waals surface area contributed by atoms with Gasteiger partial charge in [-0.2, -0.15) is 24.5 Å². The Morgan fingerprint density at radius 1 is 1.34 bits per heavy atom. The molecule has 2 aliphatic heterocycles. The molecule has 1 N–H and O–H groups in total. The molecule has 7 nitrogen and oxygen atoms in total. The van der Waals surface area contributed by atoms with E-state index in [4.69, 9.17) is 19.4 Å². The molecule has 0 saturated carbocycles. The van der Waals surface area contributed by atoms with Crippen molar-refractivity contribution < 1.29 is 37.3 Å². The number of carbonyl (C=O) groups excluding carboxylic acids is 1. The molecular formula is C21H23F3N2O5S. The maximum Gasteiger partial charge on any atom is 0.490 e. The molecule has 2 fully saturated rings. The minimum Gasteiger partial charge on any atom is -0.475 e. The Morgan fingerprint density at radius 3 is 2.75 bits per heavy atom. The fourth-order valence-corrected chi connectivity index (χ4v) is 4.35. The van der Waals surface area contributed by atoms with Crippen LogP contribution in [0.15, 0.2) is 41.2 Å². The van der Waals surface area contributed by atoms with Gasteiger partial charge in [0.05, 0.1) is 42.7 Å². The summed E-state index contributed by atoms with van der Waals surface area (Å²) in [5, 5.41) is 11.0. The highest BCUT2D eigenvalue weighted by Gasteiger charge is 2.45. The third kappa shape index (κ3) is 6.50. The molecule has 2 aromatic heterocycles. The molecule has 11 heteroatoms. The molecule has 32 heavy (non-hydrogen) atoms. The molecule has 2 aliphatic rings. The summed E-state index contributed by atoms with van der Waals surface area (Å²) in [5.74, 6) is -2.64. The number of ether oxygens (including phenoxy) is 2. The molecule has 174 valence electrons. The summed E-state index contributed by atoms with van der Waals surface area (Å²) in [4.78, 5) is 27.8. The summed E-state index contributed by atoms with van der Waals surface area (Å²) in [6, 6.07) is 7.72. The van der Waals surface area contributed by atoms with Crippen LogP contribution in [-0.2, 0) is 20.9 Å². The number of carboxylic acid groups (broad SMARTS) is 1. The number of carbonyl (C=O) groups is 2. The Bertz CT molecular complexity index is 895. The largest absolute Gasteiger partial charge is 0.490 e. The monoisotopic (exact) mass is 472 g/mol. The van der Waals surface area contributed by atoms with E-state index in [0.717, 1.165) is 37.1 Å². The van der Waals surface area contributed by atoms with Gasteiger partial charge < -0.3 is 19.5 Å². The number of hydrogen-bond acceptors (Lipinski definition) is 6. The van der Waals surface area contributed by atoms with Gasteiger partial charge >= 0.3 is 12.1 Å². The van der Waals surface area contributed by atoms with Crippen LogP contribution >= 0.6 is 11.3 Å². The lowest BCUT2D eigenvalue weighted by Gasteiger charge is -2.39. The van der Waals surface area contributed by atoms with Crippen LogP contribution in [0.4, 0.5) is 13.2 Å². The third-order valence-corrected chi connectivity index (χ3v) is 5.89. The van der Waals surface area contributed by atoms with E-state index in [0.29, 0.717) is 19.8 Å². The fraction of sp³-hybridized carbons (Fsp3) is 0.476. The molecule has 0 aliphatic carbocycles. The highest BCUT2D eigenvalue weighted by Crippen LogP contribution is 2.36. The van der Waals surface area contributed by atoms with Crippen LogP contribution in [0.1, 0.15) is 35.3 Å². The summed E-state index contributed by atoms with van der Waals surface area (Å²) in [7, 11) is 0. The SMILES string of the molecule is O=C(O)C(F)(F)F.O=C(c1ccsc1)N1CCC[C@]2(C[C@@H](OCc3ccccn3)CO2)C1. The van der Waals surface area contributed by atoms with Gasteiger partial charge in [-0.25, -0.2) is 4.79 Å². The van der Waals surface area contributed by atoms with Crippen molar-refractivity contribution in [2.24, 2.45) is 0 Å². The molecule has 4 rings (SSSR count). The molecule has 0 radical (unpaired) electrons. The van der Waals surface area contributed by atoms with Gasteiger partial charge in [0.15, 0.2) is 0 Å². The van der Waals surface area contributed by atoms with Gasteiger partial charge in [-0.3, -0.25) is 9.78 Å². The standard InChI is InChI=1S/C19H22N2O3S.C2HF3O2/c22-18(15-5-9-25-13-15)21-8-3-6-19(14-21)10-17(12-24-19)23-11-16-4-1-2-7-20-16;3-2(4,5)1(6)7/h1-2,4-5,7,9,13,17H,3,6,8,10-12,14H2;(H,6,7)/t17-,19+;/m1./s1. The van der Waals surface area contributed by atoms with Crippen molar-refractivity contribution in [2.45, 2.75) is 43.8 Å². The minimum absolute atomic E-state index is 0.0678. The predicted molar refractivity (Wildman–Crippen MR) is 109 cm³/mol. The average molecular weight is 472 g/mol. The number of hydrogen-bond donors (Lipinski definition) is 1. The zero-order chi connectivity index (χ0) is 23.2. The second kappa shape index (κ2) is 10.4. The number of piperidine rings is 1. The molecule has 0 bridgehead atoms. The van der Waals surface area contributed by atoms with Gasteiger partial charge in [-0.15, -0.1) is 0 Å².